The number of nitrogen functional groups attached to an aromatic ring is 1. The average Bonchev–Trinajstić information content (AvgIpc) is 2.77. The summed E-state index contributed by atoms with van der Waals surface area (Å²) in [6.45, 7) is 0.520. The first-order valence-electron chi connectivity index (χ1n) is 5.82. The topological polar surface area (TPSA) is 96.7 Å². The number of halogens is 1. The molecular formula is C12H14ClN5O. The summed E-state index contributed by atoms with van der Waals surface area (Å²) >= 11 is 6.02. The third kappa shape index (κ3) is 3.96. The molecule has 0 unspecified atom stereocenters. The van der Waals surface area contributed by atoms with Gasteiger partial charge in [-0.2, -0.15) is 4.98 Å². The van der Waals surface area contributed by atoms with Crippen LogP contribution in [0.3, 0.4) is 0 Å². The van der Waals surface area contributed by atoms with E-state index in [1.165, 1.54) is 0 Å². The van der Waals surface area contributed by atoms with Crippen molar-refractivity contribution >= 4 is 23.5 Å². The Hall–Kier alpha value is -2.08. The van der Waals surface area contributed by atoms with E-state index >= 15 is 0 Å². The third-order valence-electron chi connectivity index (χ3n) is 2.55. The van der Waals surface area contributed by atoms with Gasteiger partial charge in [0.2, 0.25) is 11.9 Å². The molecule has 1 aromatic heterocycles. The Kier molecular flexibility index (Phi) is 4.35. The number of nitrogens with one attached hydrogen (secondary N) is 2. The molecule has 4 N–H and O–H groups in total. The van der Waals surface area contributed by atoms with E-state index in [0.29, 0.717) is 23.8 Å². The summed E-state index contributed by atoms with van der Waals surface area (Å²) in [4.78, 5) is 15.5. The maximum atomic E-state index is 11.6. The van der Waals surface area contributed by atoms with E-state index < -0.39 is 0 Å². The number of aromatic amines is 1. The molecule has 100 valence electrons. The maximum Gasteiger partial charge on any atom is 0.239 e. The van der Waals surface area contributed by atoms with Gasteiger partial charge in [-0.3, -0.25) is 9.89 Å². The first kappa shape index (κ1) is 13.4. The monoisotopic (exact) mass is 279 g/mol. The van der Waals surface area contributed by atoms with Crippen LogP contribution in [0.5, 0.6) is 0 Å². The van der Waals surface area contributed by atoms with Crippen molar-refractivity contribution in [1.82, 2.24) is 20.5 Å². The number of nitrogens with zero attached hydrogens (tertiary/aromatic N) is 2. The molecule has 0 bridgehead atoms. The summed E-state index contributed by atoms with van der Waals surface area (Å²) in [5, 5.41) is 9.74. The maximum absolute atomic E-state index is 11.6. The van der Waals surface area contributed by atoms with E-state index in [0.717, 1.165) is 5.56 Å². The number of hydrogen-bond acceptors (Lipinski definition) is 4. The van der Waals surface area contributed by atoms with Gasteiger partial charge in [0.05, 0.1) is 6.42 Å². The summed E-state index contributed by atoms with van der Waals surface area (Å²) in [7, 11) is 0. The van der Waals surface area contributed by atoms with Crippen molar-refractivity contribution in [3.63, 3.8) is 0 Å². The number of anilines is 1. The van der Waals surface area contributed by atoms with Crippen molar-refractivity contribution in [3.8, 4) is 0 Å². The largest absolute Gasteiger partial charge is 0.367 e. The zero-order valence-electron chi connectivity index (χ0n) is 10.2. The Morgan fingerprint density at radius 2 is 2.21 bits per heavy atom. The van der Waals surface area contributed by atoms with Crippen molar-refractivity contribution in [3.05, 3.63) is 40.7 Å². The first-order chi connectivity index (χ1) is 9.15. The number of amides is 1. The van der Waals surface area contributed by atoms with Gasteiger partial charge in [-0.15, -0.1) is 5.10 Å². The summed E-state index contributed by atoms with van der Waals surface area (Å²) in [5.74, 6) is 0.454. The number of rotatable bonds is 5. The Labute approximate surface area is 115 Å². The highest BCUT2D eigenvalue weighted by Crippen LogP contribution is 2.14. The lowest BCUT2D eigenvalue weighted by atomic mass is 10.1. The number of hydrogen-bond donors (Lipinski definition) is 3. The molecule has 0 aliphatic carbocycles. The van der Waals surface area contributed by atoms with Crippen LogP contribution in [0.25, 0.3) is 0 Å². The Balaban J connectivity index is 1.77. The van der Waals surface area contributed by atoms with E-state index in [9.17, 15) is 4.79 Å². The summed E-state index contributed by atoms with van der Waals surface area (Å²) in [5.41, 5.74) is 6.36. The van der Waals surface area contributed by atoms with Gasteiger partial charge in [0.15, 0.2) is 0 Å². The quantitative estimate of drug-likeness (QED) is 0.759. The van der Waals surface area contributed by atoms with Crippen LogP contribution in [0.2, 0.25) is 5.02 Å². The average molecular weight is 280 g/mol. The second-order valence-electron chi connectivity index (χ2n) is 4.01. The van der Waals surface area contributed by atoms with E-state index in [4.69, 9.17) is 17.3 Å². The van der Waals surface area contributed by atoms with E-state index in [1.54, 1.807) is 0 Å². The molecular weight excluding hydrogens is 266 g/mol. The van der Waals surface area contributed by atoms with Gasteiger partial charge >= 0.3 is 0 Å². The van der Waals surface area contributed by atoms with Gasteiger partial charge in [0, 0.05) is 11.6 Å². The predicted octanol–water partition coefficient (Wildman–Crippen LogP) is 0.942. The van der Waals surface area contributed by atoms with Crippen LogP contribution in [-0.4, -0.2) is 27.6 Å². The van der Waals surface area contributed by atoms with Crippen LogP contribution >= 0.6 is 11.6 Å². The SMILES string of the molecule is Nc1n[nH]c(CC(=O)NCCc2ccccc2Cl)n1. The van der Waals surface area contributed by atoms with Gasteiger partial charge in [0.25, 0.3) is 0 Å². The van der Waals surface area contributed by atoms with Gasteiger partial charge in [-0.1, -0.05) is 29.8 Å². The molecule has 2 aromatic rings. The fourth-order valence-electron chi connectivity index (χ4n) is 1.64. The molecule has 1 amide bonds. The Bertz CT molecular complexity index is 569. The molecule has 19 heavy (non-hydrogen) atoms. The minimum atomic E-state index is -0.136. The van der Waals surface area contributed by atoms with Crippen molar-refractivity contribution in [2.75, 3.05) is 12.3 Å². The molecule has 0 aliphatic rings. The highest BCUT2D eigenvalue weighted by Gasteiger charge is 2.07. The van der Waals surface area contributed by atoms with Gasteiger partial charge in [-0.25, -0.2) is 0 Å². The van der Waals surface area contributed by atoms with Crippen LogP contribution in [0.4, 0.5) is 5.95 Å². The number of H-pyrrole nitrogens is 1. The van der Waals surface area contributed by atoms with Gasteiger partial charge in [0.1, 0.15) is 5.82 Å². The molecule has 6 nitrogen and oxygen atoms in total. The second kappa shape index (κ2) is 6.19. The van der Waals surface area contributed by atoms with Gasteiger partial charge in [-0.05, 0) is 18.1 Å². The lowest BCUT2D eigenvalue weighted by Crippen LogP contribution is -2.27. The number of carbonyl (C=O) groups excluding carboxylic acids is 1. The third-order valence-corrected chi connectivity index (χ3v) is 2.92. The van der Waals surface area contributed by atoms with E-state index in [2.05, 4.69) is 20.5 Å². The predicted molar refractivity (Wildman–Crippen MR) is 72.7 cm³/mol. The lowest BCUT2D eigenvalue weighted by Gasteiger charge is -2.05. The fraction of sp³-hybridized carbons (Fsp3) is 0.250. The molecule has 0 spiro atoms. The zero-order chi connectivity index (χ0) is 13.7. The molecule has 7 heteroatoms. The molecule has 1 aromatic carbocycles. The van der Waals surface area contributed by atoms with Crippen molar-refractivity contribution in [2.45, 2.75) is 12.8 Å². The highest BCUT2D eigenvalue weighted by atomic mass is 35.5. The molecule has 0 aliphatic heterocycles. The molecule has 0 saturated heterocycles. The van der Waals surface area contributed by atoms with Crippen molar-refractivity contribution in [2.24, 2.45) is 0 Å². The molecule has 0 radical (unpaired) electrons. The summed E-state index contributed by atoms with van der Waals surface area (Å²) in [6, 6.07) is 7.56. The molecule has 0 atom stereocenters. The minimum absolute atomic E-state index is 0.132. The van der Waals surface area contributed by atoms with Crippen LogP contribution in [0.1, 0.15) is 11.4 Å². The Morgan fingerprint density at radius 1 is 1.42 bits per heavy atom. The Morgan fingerprint density at radius 3 is 2.89 bits per heavy atom. The highest BCUT2D eigenvalue weighted by molar-refractivity contribution is 6.31. The van der Waals surface area contributed by atoms with Crippen molar-refractivity contribution < 1.29 is 4.79 Å². The minimum Gasteiger partial charge on any atom is -0.367 e. The standard InChI is InChI=1S/C12H14ClN5O/c13-9-4-2-1-3-8(9)5-6-15-11(19)7-10-16-12(14)18-17-10/h1-4H,5-7H2,(H,15,19)(H3,14,16,17,18). The molecule has 0 fully saturated rings. The van der Waals surface area contributed by atoms with Crippen LogP contribution in [0, 0.1) is 0 Å². The number of benzene rings is 1. The second-order valence-corrected chi connectivity index (χ2v) is 4.42. The molecule has 2 rings (SSSR count). The van der Waals surface area contributed by atoms with Gasteiger partial charge < -0.3 is 11.1 Å². The number of carbonyl (C=O) groups is 1. The normalized spacial score (nSPS) is 10.4. The van der Waals surface area contributed by atoms with Crippen LogP contribution < -0.4 is 11.1 Å². The smallest absolute Gasteiger partial charge is 0.239 e. The van der Waals surface area contributed by atoms with Crippen molar-refractivity contribution in [1.29, 1.82) is 0 Å². The molecule has 0 saturated carbocycles. The van der Waals surface area contributed by atoms with E-state index in [-0.39, 0.29) is 18.3 Å². The first-order valence-corrected chi connectivity index (χ1v) is 6.20. The number of aromatic nitrogens is 3. The van der Waals surface area contributed by atoms with Crippen LogP contribution in [0.15, 0.2) is 24.3 Å². The number of nitrogens with two attached hydrogens (primary N) is 1. The zero-order valence-corrected chi connectivity index (χ0v) is 10.9. The summed E-state index contributed by atoms with van der Waals surface area (Å²) < 4.78 is 0. The molecule has 1 heterocycles. The lowest BCUT2D eigenvalue weighted by molar-refractivity contribution is -0.120. The fourth-order valence-corrected chi connectivity index (χ4v) is 1.87. The van der Waals surface area contributed by atoms with Crippen LogP contribution in [-0.2, 0) is 17.6 Å². The summed E-state index contributed by atoms with van der Waals surface area (Å²) in [6.07, 6.45) is 0.816. The van der Waals surface area contributed by atoms with E-state index in [1.807, 2.05) is 24.3 Å².